The fourth-order valence-corrected chi connectivity index (χ4v) is 3.28. The number of nitrogens with two attached hydrogens (primary N) is 1. The second-order valence-electron chi connectivity index (χ2n) is 6.24. The van der Waals surface area contributed by atoms with E-state index in [2.05, 4.69) is 4.90 Å². The van der Waals surface area contributed by atoms with Crippen LogP contribution in [0.5, 0.6) is 0 Å². The zero-order valence-electron chi connectivity index (χ0n) is 13.2. The Morgan fingerprint density at radius 1 is 1.10 bits per heavy atom. The first-order chi connectivity index (χ1) is 9.40. The molecule has 0 aromatic heterocycles. The van der Waals surface area contributed by atoms with Gasteiger partial charge in [-0.2, -0.15) is 0 Å². The summed E-state index contributed by atoms with van der Waals surface area (Å²) in [4.78, 5) is 17.2. The fraction of sp³-hybridized carbons (Fsp3) is 0.867. The predicted molar refractivity (Wildman–Crippen MR) is 87.7 cm³/mol. The van der Waals surface area contributed by atoms with Crippen LogP contribution in [0.2, 0.25) is 0 Å². The highest BCUT2D eigenvalue weighted by atomic mass is 32.1. The normalized spacial score (nSPS) is 18.6. The quantitative estimate of drug-likeness (QED) is 0.602. The summed E-state index contributed by atoms with van der Waals surface area (Å²) in [5.74, 6) is 0.130. The Hall–Kier alpha value is -0.680. The number of hydrogen-bond acceptors (Lipinski definition) is 3. The van der Waals surface area contributed by atoms with Crippen molar-refractivity contribution in [3.63, 3.8) is 0 Å². The summed E-state index contributed by atoms with van der Waals surface area (Å²) < 4.78 is 0. The molecular formula is C15H29N3OS. The molecule has 0 bridgehead atoms. The SMILES string of the molecule is CN(C)CCCN(C)C(=O)C1(C(N)=S)CCCCCC1. The topological polar surface area (TPSA) is 49.6 Å². The molecule has 0 aromatic carbocycles. The van der Waals surface area contributed by atoms with Crippen LogP contribution >= 0.6 is 12.2 Å². The van der Waals surface area contributed by atoms with E-state index in [4.69, 9.17) is 18.0 Å². The van der Waals surface area contributed by atoms with Gasteiger partial charge in [0, 0.05) is 13.6 Å². The number of thiocarbonyl (C=S) groups is 1. The van der Waals surface area contributed by atoms with Crippen LogP contribution < -0.4 is 5.73 Å². The molecule has 5 heteroatoms. The molecule has 1 fully saturated rings. The van der Waals surface area contributed by atoms with Gasteiger partial charge < -0.3 is 15.5 Å². The third kappa shape index (κ3) is 4.42. The van der Waals surface area contributed by atoms with Crippen molar-refractivity contribution in [3.8, 4) is 0 Å². The van der Waals surface area contributed by atoms with E-state index in [1.807, 2.05) is 26.0 Å². The van der Waals surface area contributed by atoms with E-state index in [0.29, 0.717) is 4.99 Å². The second-order valence-corrected chi connectivity index (χ2v) is 6.68. The first-order valence-electron chi connectivity index (χ1n) is 7.60. The van der Waals surface area contributed by atoms with Crippen molar-refractivity contribution < 1.29 is 4.79 Å². The summed E-state index contributed by atoms with van der Waals surface area (Å²) >= 11 is 5.26. The molecule has 2 N–H and O–H groups in total. The largest absolute Gasteiger partial charge is 0.392 e. The lowest BCUT2D eigenvalue weighted by atomic mass is 9.79. The molecule has 0 spiro atoms. The molecule has 0 aliphatic heterocycles. The minimum Gasteiger partial charge on any atom is -0.392 e. The van der Waals surface area contributed by atoms with Crippen molar-refractivity contribution in [1.29, 1.82) is 0 Å². The van der Waals surface area contributed by atoms with Crippen LogP contribution in [-0.4, -0.2) is 54.9 Å². The van der Waals surface area contributed by atoms with E-state index >= 15 is 0 Å². The molecule has 0 radical (unpaired) electrons. The van der Waals surface area contributed by atoms with Gasteiger partial charge in [-0.3, -0.25) is 4.79 Å². The Kier molecular flexibility index (Phi) is 6.89. The summed E-state index contributed by atoms with van der Waals surface area (Å²) in [6, 6.07) is 0. The van der Waals surface area contributed by atoms with E-state index in [-0.39, 0.29) is 5.91 Å². The van der Waals surface area contributed by atoms with Gasteiger partial charge in [-0.1, -0.05) is 37.9 Å². The molecule has 0 unspecified atom stereocenters. The van der Waals surface area contributed by atoms with Gasteiger partial charge in [0.2, 0.25) is 5.91 Å². The Morgan fingerprint density at radius 2 is 1.65 bits per heavy atom. The van der Waals surface area contributed by atoms with Gasteiger partial charge in [0.25, 0.3) is 0 Å². The molecule has 1 amide bonds. The van der Waals surface area contributed by atoms with Crippen molar-refractivity contribution in [2.24, 2.45) is 11.1 Å². The first-order valence-corrected chi connectivity index (χ1v) is 8.01. The van der Waals surface area contributed by atoms with E-state index in [1.54, 1.807) is 0 Å². The predicted octanol–water partition coefficient (Wildman–Crippen LogP) is 2.02. The number of nitrogens with zero attached hydrogens (tertiary/aromatic N) is 2. The molecule has 1 aliphatic rings. The average Bonchev–Trinajstić information content (AvgIpc) is 2.63. The average molecular weight is 299 g/mol. The zero-order chi connectivity index (χ0) is 15.2. The summed E-state index contributed by atoms with van der Waals surface area (Å²) in [6.07, 6.45) is 7.08. The van der Waals surface area contributed by atoms with Gasteiger partial charge in [-0.25, -0.2) is 0 Å². The third-order valence-electron chi connectivity index (χ3n) is 4.28. The first kappa shape index (κ1) is 17.4. The van der Waals surface area contributed by atoms with Gasteiger partial charge in [0.05, 0.1) is 10.4 Å². The molecule has 0 atom stereocenters. The van der Waals surface area contributed by atoms with Crippen LogP contribution in [0.1, 0.15) is 44.9 Å². The lowest BCUT2D eigenvalue weighted by Crippen LogP contribution is -2.49. The van der Waals surface area contributed by atoms with E-state index in [9.17, 15) is 4.79 Å². The van der Waals surface area contributed by atoms with Crippen molar-refractivity contribution in [2.45, 2.75) is 44.9 Å². The molecule has 1 rings (SSSR count). The van der Waals surface area contributed by atoms with Gasteiger partial charge in [-0.05, 0) is 39.9 Å². The Balaban J connectivity index is 2.70. The highest BCUT2D eigenvalue weighted by Crippen LogP contribution is 2.37. The maximum atomic E-state index is 12.8. The van der Waals surface area contributed by atoms with Crippen molar-refractivity contribution in [3.05, 3.63) is 0 Å². The highest BCUT2D eigenvalue weighted by Gasteiger charge is 2.42. The molecule has 0 aromatic rings. The summed E-state index contributed by atoms with van der Waals surface area (Å²) in [6.45, 7) is 1.75. The maximum absolute atomic E-state index is 12.8. The van der Waals surface area contributed by atoms with E-state index in [1.165, 1.54) is 12.8 Å². The second kappa shape index (κ2) is 7.93. The van der Waals surface area contributed by atoms with Crippen molar-refractivity contribution >= 4 is 23.1 Å². The Morgan fingerprint density at radius 3 is 2.10 bits per heavy atom. The lowest BCUT2D eigenvalue weighted by molar-refractivity contribution is -0.137. The third-order valence-corrected chi connectivity index (χ3v) is 4.67. The number of carbonyl (C=O) groups is 1. The lowest BCUT2D eigenvalue weighted by Gasteiger charge is -2.34. The van der Waals surface area contributed by atoms with Crippen molar-refractivity contribution in [2.75, 3.05) is 34.2 Å². The van der Waals surface area contributed by atoms with Crippen LogP contribution in [0.3, 0.4) is 0 Å². The van der Waals surface area contributed by atoms with E-state index in [0.717, 1.165) is 45.2 Å². The number of carbonyl (C=O) groups excluding carboxylic acids is 1. The summed E-state index contributed by atoms with van der Waals surface area (Å²) in [5.41, 5.74) is 5.38. The van der Waals surface area contributed by atoms with Gasteiger partial charge >= 0.3 is 0 Å². The minimum atomic E-state index is -0.585. The minimum absolute atomic E-state index is 0.130. The molecule has 1 saturated carbocycles. The summed E-state index contributed by atoms with van der Waals surface area (Å²) in [7, 11) is 5.97. The van der Waals surface area contributed by atoms with Crippen LogP contribution in [0.25, 0.3) is 0 Å². The molecule has 116 valence electrons. The molecule has 1 aliphatic carbocycles. The van der Waals surface area contributed by atoms with Gasteiger partial charge in [-0.15, -0.1) is 0 Å². The van der Waals surface area contributed by atoms with Crippen LogP contribution in [0, 0.1) is 5.41 Å². The highest BCUT2D eigenvalue weighted by molar-refractivity contribution is 7.80. The molecule has 0 saturated heterocycles. The molecular weight excluding hydrogens is 270 g/mol. The molecule has 4 nitrogen and oxygen atoms in total. The Bertz CT molecular complexity index is 336. The molecule has 20 heavy (non-hydrogen) atoms. The van der Waals surface area contributed by atoms with Gasteiger partial charge in [0.1, 0.15) is 0 Å². The molecule has 0 heterocycles. The number of hydrogen-bond donors (Lipinski definition) is 1. The summed E-state index contributed by atoms with van der Waals surface area (Å²) in [5, 5.41) is 0. The van der Waals surface area contributed by atoms with Gasteiger partial charge in [0.15, 0.2) is 0 Å². The number of amides is 1. The van der Waals surface area contributed by atoms with Crippen LogP contribution in [-0.2, 0) is 4.79 Å². The standard InChI is InChI=1S/C15H29N3OS/c1-17(2)11-8-12-18(3)14(19)15(13(16)20)9-6-4-5-7-10-15/h4-12H2,1-3H3,(H2,16,20). The maximum Gasteiger partial charge on any atom is 0.235 e. The fourth-order valence-electron chi connectivity index (χ4n) is 2.99. The zero-order valence-corrected chi connectivity index (χ0v) is 14.0. The Labute approximate surface area is 128 Å². The smallest absolute Gasteiger partial charge is 0.235 e. The van der Waals surface area contributed by atoms with Crippen molar-refractivity contribution in [1.82, 2.24) is 9.80 Å². The van der Waals surface area contributed by atoms with Crippen LogP contribution in [0.4, 0.5) is 0 Å². The van der Waals surface area contributed by atoms with Crippen LogP contribution in [0.15, 0.2) is 0 Å². The number of rotatable bonds is 6. The van der Waals surface area contributed by atoms with E-state index < -0.39 is 5.41 Å². The monoisotopic (exact) mass is 299 g/mol.